The molecule has 0 fully saturated rings. The van der Waals surface area contributed by atoms with Crippen LogP contribution in [0.5, 0.6) is 28.7 Å². The minimum Gasteiger partial charge on any atom is -0.508 e. The van der Waals surface area contributed by atoms with E-state index in [0.29, 0.717) is 17.2 Å². The van der Waals surface area contributed by atoms with E-state index in [0.717, 1.165) is 16.9 Å². The number of ether oxygens (including phenoxy) is 3. The molecule has 0 radical (unpaired) electrons. The van der Waals surface area contributed by atoms with Crippen molar-refractivity contribution in [3.63, 3.8) is 0 Å². The molecule has 0 aromatic heterocycles. The molecule has 5 heteroatoms. The summed E-state index contributed by atoms with van der Waals surface area (Å²) in [7, 11) is 1.62. The zero-order chi connectivity index (χ0) is 18.8. The lowest BCUT2D eigenvalue weighted by Crippen LogP contribution is -2.20. The van der Waals surface area contributed by atoms with Gasteiger partial charge in [-0.15, -0.1) is 0 Å². The van der Waals surface area contributed by atoms with Crippen molar-refractivity contribution in [2.45, 2.75) is 12.3 Å². The molecule has 0 saturated carbocycles. The summed E-state index contributed by atoms with van der Waals surface area (Å²) in [6, 6.07) is 19.9. The molecule has 0 amide bonds. The second-order valence-corrected chi connectivity index (χ2v) is 6.30. The van der Waals surface area contributed by atoms with Gasteiger partial charge in [-0.25, -0.2) is 0 Å². The van der Waals surface area contributed by atoms with Crippen LogP contribution in [0, 0.1) is 0 Å². The van der Waals surface area contributed by atoms with Crippen molar-refractivity contribution in [3.05, 3.63) is 77.9 Å². The maximum atomic E-state index is 11.9. The smallest absolute Gasteiger partial charge is 0.312 e. The van der Waals surface area contributed by atoms with Crippen molar-refractivity contribution in [1.82, 2.24) is 0 Å². The third-order valence-corrected chi connectivity index (χ3v) is 4.54. The molecule has 3 aromatic rings. The lowest BCUT2D eigenvalue weighted by molar-refractivity contribution is -0.135. The second-order valence-electron chi connectivity index (χ2n) is 6.30. The first-order valence-corrected chi connectivity index (χ1v) is 8.58. The predicted molar refractivity (Wildman–Crippen MR) is 99.7 cm³/mol. The zero-order valence-electron chi connectivity index (χ0n) is 14.7. The monoisotopic (exact) mass is 362 g/mol. The Hall–Kier alpha value is -3.47. The molecule has 5 nitrogen and oxygen atoms in total. The minimum atomic E-state index is -0.309. The van der Waals surface area contributed by atoms with Crippen molar-refractivity contribution < 1.29 is 24.1 Å². The van der Waals surface area contributed by atoms with Crippen LogP contribution < -0.4 is 14.2 Å². The number of esters is 1. The highest BCUT2D eigenvalue weighted by Crippen LogP contribution is 2.40. The van der Waals surface area contributed by atoms with Crippen LogP contribution in [-0.2, 0) is 4.79 Å². The summed E-state index contributed by atoms with van der Waals surface area (Å²) in [5, 5.41) is 9.63. The van der Waals surface area contributed by atoms with Crippen molar-refractivity contribution in [1.29, 1.82) is 0 Å². The fraction of sp³-hybridized carbons (Fsp3) is 0.136. The first-order valence-electron chi connectivity index (χ1n) is 8.58. The molecule has 1 aliphatic heterocycles. The van der Waals surface area contributed by atoms with Gasteiger partial charge in [0.2, 0.25) is 0 Å². The Morgan fingerprint density at radius 2 is 1.56 bits per heavy atom. The van der Waals surface area contributed by atoms with Crippen LogP contribution >= 0.6 is 0 Å². The van der Waals surface area contributed by atoms with Crippen molar-refractivity contribution in [3.8, 4) is 28.7 Å². The van der Waals surface area contributed by atoms with Crippen LogP contribution in [0.1, 0.15) is 23.5 Å². The van der Waals surface area contributed by atoms with E-state index in [-0.39, 0.29) is 24.1 Å². The van der Waals surface area contributed by atoms with Gasteiger partial charge in [-0.05, 0) is 48.0 Å². The van der Waals surface area contributed by atoms with Gasteiger partial charge >= 0.3 is 5.97 Å². The van der Waals surface area contributed by atoms with Gasteiger partial charge in [-0.3, -0.25) is 4.79 Å². The number of rotatable bonds is 4. The summed E-state index contributed by atoms with van der Waals surface area (Å²) in [5.74, 6) is 2.25. The van der Waals surface area contributed by atoms with Gasteiger partial charge in [0.05, 0.1) is 13.5 Å². The first-order chi connectivity index (χ1) is 13.1. The third-order valence-electron chi connectivity index (χ3n) is 4.54. The fourth-order valence-corrected chi connectivity index (χ4v) is 3.19. The second kappa shape index (κ2) is 7.03. The molecule has 27 heavy (non-hydrogen) atoms. The highest BCUT2D eigenvalue weighted by Gasteiger charge is 2.28. The van der Waals surface area contributed by atoms with Gasteiger partial charge < -0.3 is 19.3 Å². The average Bonchev–Trinajstić information content (AvgIpc) is 2.68. The summed E-state index contributed by atoms with van der Waals surface area (Å²) >= 11 is 0. The molecule has 3 aromatic carbocycles. The van der Waals surface area contributed by atoms with E-state index >= 15 is 0 Å². The lowest BCUT2D eigenvalue weighted by atomic mass is 9.86. The van der Waals surface area contributed by atoms with Crippen molar-refractivity contribution in [2.75, 3.05) is 7.11 Å². The number of methoxy groups -OCH3 is 1. The standard InChI is InChI=1S/C22H18O5/c1-25-16-7-9-18(10-8-16)26-17-5-2-14(3-6-17)20-13-22(24)27-21-12-15(23)4-11-19(20)21/h2-12,20,23H,13H2,1H3. The van der Waals surface area contributed by atoms with Gasteiger partial charge in [0.25, 0.3) is 0 Å². The summed E-state index contributed by atoms with van der Waals surface area (Å²) < 4.78 is 16.2. The molecule has 0 saturated heterocycles. The Kier molecular flexibility index (Phi) is 4.42. The van der Waals surface area contributed by atoms with Crippen LogP contribution in [0.2, 0.25) is 0 Å². The fourth-order valence-electron chi connectivity index (χ4n) is 3.19. The topological polar surface area (TPSA) is 65.0 Å². The molecule has 1 aliphatic rings. The number of carbonyl (C=O) groups is 1. The molecule has 0 spiro atoms. The summed E-state index contributed by atoms with van der Waals surface area (Å²) in [4.78, 5) is 11.9. The largest absolute Gasteiger partial charge is 0.508 e. The molecule has 1 atom stereocenters. The molecule has 1 N–H and O–H groups in total. The lowest BCUT2D eigenvalue weighted by Gasteiger charge is -2.25. The van der Waals surface area contributed by atoms with Gasteiger partial charge in [-0.2, -0.15) is 0 Å². The molecule has 136 valence electrons. The van der Waals surface area contributed by atoms with E-state index in [4.69, 9.17) is 14.2 Å². The SMILES string of the molecule is COc1ccc(Oc2ccc(C3CC(=O)Oc4cc(O)ccc43)cc2)cc1. The predicted octanol–water partition coefficient (Wildman–Crippen LogP) is 4.63. The van der Waals surface area contributed by atoms with E-state index in [2.05, 4.69) is 0 Å². The Morgan fingerprint density at radius 1 is 0.926 bits per heavy atom. The molecule has 0 aliphatic carbocycles. The normalized spacial score (nSPS) is 15.6. The maximum absolute atomic E-state index is 11.9. The highest BCUT2D eigenvalue weighted by atomic mass is 16.5. The summed E-state index contributed by atoms with van der Waals surface area (Å²) in [6.07, 6.45) is 0.260. The molecule has 4 rings (SSSR count). The van der Waals surface area contributed by atoms with E-state index in [1.165, 1.54) is 6.07 Å². The first kappa shape index (κ1) is 17.0. The quantitative estimate of drug-likeness (QED) is 0.541. The number of hydrogen-bond donors (Lipinski definition) is 1. The molecule has 1 unspecified atom stereocenters. The Morgan fingerprint density at radius 3 is 2.22 bits per heavy atom. The van der Waals surface area contributed by atoms with Crippen molar-refractivity contribution >= 4 is 5.97 Å². The Balaban J connectivity index is 1.56. The van der Waals surface area contributed by atoms with E-state index in [1.54, 1.807) is 19.2 Å². The van der Waals surface area contributed by atoms with Crippen LogP contribution in [0.25, 0.3) is 0 Å². The third kappa shape index (κ3) is 3.58. The average molecular weight is 362 g/mol. The van der Waals surface area contributed by atoms with Crippen molar-refractivity contribution in [2.24, 2.45) is 0 Å². The molecular weight excluding hydrogens is 344 g/mol. The summed E-state index contributed by atoms with van der Waals surface area (Å²) in [5.41, 5.74) is 1.87. The molecular formula is C22H18O5. The number of benzene rings is 3. The van der Waals surface area contributed by atoms with Gasteiger partial charge in [-0.1, -0.05) is 18.2 Å². The number of phenols is 1. The van der Waals surface area contributed by atoms with Crippen LogP contribution in [0.4, 0.5) is 0 Å². The maximum Gasteiger partial charge on any atom is 0.312 e. The minimum absolute atomic E-state index is 0.0745. The summed E-state index contributed by atoms with van der Waals surface area (Å²) in [6.45, 7) is 0. The van der Waals surface area contributed by atoms with Crippen LogP contribution in [0.15, 0.2) is 66.7 Å². The number of phenolic OH excluding ortho intramolecular Hbond substituents is 1. The van der Waals surface area contributed by atoms with Gasteiger partial charge in [0.1, 0.15) is 28.7 Å². The molecule has 0 bridgehead atoms. The molecule has 1 heterocycles. The zero-order valence-corrected chi connectivity index (χ0v) is 14.7. The van der Waals surface area contributed by atoms with Gasteiger partial charge in [0, 0.05) is 17.5 Å². The van der Waals surface area contributed by atoms with Crippen LogP contribution in [-0.4, -0.2) is 18.2 Å². The highest BCUT2D eigenvalue weighted by molar-refractivity contribution is 5.78. The number of aromatic hydroxyl groups is 1. The number of fused-ring (bicyclic) bond motifs is 1. The Labute approximate surface area is 156 Å². The number of hydrogen-bond acceptors (Lipinski definition) is 5. The number of carbonyl (C=O) groups excluding carboxylic acids is 1. The van der Waals surface area contributed by atoms with Gasteiger partial charge in [0.15, 0.2) is 0 Å². The van der Waals surface area contributed by atoms with E-state index in [9.17, 15) is 9.90 Å². The Bertz CT molecular complexity index is 961. The van der Waals surface area contributed by atoms with E-state index < -0.39 is 0 Å². The van der Waals surface area contributed by atoms with Crippen LogP contribution in [0.3, 0.4) is 0 Å². The van der Waals surface area contributed by atoms with E-state index in [1.807, 2.05) is 48.5 Å².